The van der Waals surface area contributed by atoms with Gasteiger partial charge in [-0.2, -0.15) is 0 Å². The summed E-state index contributed by atoms with van der Waals surface area (Å²) in [6.07, 6.45) is 0. The molecule has 0 saturated carbocycles. The molecule has 1 heterocycles. The molecular weight excluding hydrogens is 300 g/mol. The fraction of sp³-hybridized carbons (Fsp3) is 0.250. The third-order valence-electron chi connectivity index (χ3n) is 3.46. The van der Waals surface area contributed by atoms with E-state index < -0.39 is 22.8 Å². The molecule has 0 aliphatic rings. The second kappa shape index (κ2) is 6.53. The summed E-state index contributed by atoms with van der Waals surface area (Å²) in [7, 11) is 5.23. The monoisotopic (exact) mass is 318 g/mol. The fourth-order valence-corrected chi connectivity index (χ4v) is 2.28. The van der Waals surface area contributed by atoms with Crippen molar-refractivity contribution in [2.24, 2.45) is 0 Å². The molecular formula is C16H18N2O5. The zero-order valence-corrected chi connectivity index (χ0v) is 13.1. The van der Waals surface area contributed by atoms with Crippen LogP contribution in [-0.2, 0) is 11.3 Å². The molecule has 0 atom stereocenters. The Morgan fingerprint density at radius 3 is 2.35 bits per heavy atom. The molecule has 0 aliphatic carbocycles. The molecule has 23 heavy (non-hydrogen) atoms. The number of benzene rings is 1. The van der Waals surface area contributed by atoms with E-state index in [9.17, 15) is 14.7 Å². The summed E-state index contributed by atoms with van der Waals surface area (Å²) >= 11 is 0. The van der Waals surface area contributed by atoms with Crippen LogP contribution in [0.3, 0.4) is 0 Å². The van der Waals surface area contributed by atoms with E-state index >= 15 is 0 Å². The number of nitrogens with one attached hydrogen (secondary N) is 1. The minimum atomic E-state index is -1.49. The van der Waals surface area contributed by atoms with Crippen molar-refractivity contribution >= 4 is 11.7 Å². The van der Waals surface area contributed by atoms with Crippen molar-refractivity contribution < 1.29 is 19.7 Å². The zero-order valence-electron chi connectivity index (χ0n) is 13.1. The first-order valence-corrected chi connectivity index (χ1v) is 6.85. The van der Waals surface area contributed by atoms with Gasteiger partial charge in [0.2, 0.25) is 0 Å². The van der Waals surface area contributed by atoms with Gasteiger partial charge in [-0.05, 0) is 17.7 Å². The molecule has 0 aliphatic heterocycles. The van der Waals surface area contributed by atoms with Crippen molar-refractivity contribution in [3.8, 4) is 17.0 Å². The maximum Gasteiger partial charge on any atom is 0.345 e. The van der Waals surface area contributed by atoms with Gasteiger partial charge in [-0.25, -0.2) is 4.79 Å². The second-order valence-corrected chi connectivity index (χ2v) is 5.21. The first-order valence-electron chi connectivity index (χ1n) is 6.85. The topological polar surface area (TPSA) is 103 Å². The summed E-state index contributed by atoms with van der Waals surface area (Å²) in [4.78, 5) is 27.6. The van der Waals surface area contributed by atoms with Gasteiger partial charge >= 0.3 is 5.97 Å². The highest BCUT2D eigenvalue weighted by Crippen LogP contribution is 2.30. The van der Waals surface area contributed by atoms with Gasteiger partial charge in [-0.3, -0.25) is 4.79 Å². The normalized spacial score (nSPS) is 10.6. The SMILES string of the molecule is COCc1c(-c2ccc(N(C)C)cc2)[nH]c(=O)c(C(=O)O)c1O. The Bertz CT molecular complexity index is 778. The number of aromatic carboxylic acids is 1. The summed E-state index contributed by atoms with van der Waals surface area (Å²) in [6, 6.07) is 7.26. The minimum absolute atomic E-state index is 0.0341. The summed E-state index contributed by atoms with van der Waals surface area (Å²) in [5, 5.41) is 19.2. The molecule has 7 heteroatoms. The van der Waals surface area contributed by atoms with Crippen LogP contribution >= 0.6 is 0 Å². The number of methoxy groups -OCH3 is 1. The summed E-state index contributed by atoms with van der Waals surface area (Å²) < 4.78 is 5.02. The highest BCUT2D eigenvalue weighted by Gasteiger charge is 2.22. The van der Waals surface area contributed by atoms with Crippen molar-refractivity contribution in [2.45, 2.75) is 6.61 Å². The molecule has 122 valence electrons. The number of ether oxygens (including phenoxy) is 1. The first kappa shape index (κ1) is 16.6. The summed E-state index contributed by atoms with van der Waals surface area (Å²) in [6.45, 7) is -0.0341. The number of pyridine rings is 1. The van der Waals surface area contributed by atoms with Gasteiger partial charge in [0, 0.05) is 32.5 Å². The van der Waals surface area contributed by atoms with Crippen LogP contribution in [0.5, 0.6) is 5.75 Å². The Hall–Kier alpha value is -2.80. The van der Waals surface area contributed by atoms with E-state index in [1.807, 2.05) is 31.1 Å². The van der Waals surface area contributed by atoms with Crippen LogP contribution in [0.25, 0.3) is 11.3 Å². The third kappa shape index (κ3) is 3.19. The van der Waals surface area contributed by atoms with Crippen molar-refractivity contribution in [3.05, 3.63) is 45.7 Å². The number of aromatic amines is 1. The Labute approximate surface area is 132 Å². The van der Waals surface area contributed by atoms with E-state index in [1.165, 1.54) is 7.11 Å². The molecule has 7 nitrogen and oxygen atoms in total. The van der Waals surface area contributed by atoms with Gasteiger partial charge in [-0.1, -0.05) is 12.1 Å². The average Bonchev–Trinajstić information content (AvgIpc) is 2.49. The van der Waals surface area contributed by atoms with Crippen LogP contribution in [0.2, 0.25) is 0 Å². The molecule has 0 saturated heterocycles. The number of carboxylic acids is 1. The largest absolute Gasteiger partial charge is 0.506 e. The van der Waals surface area contributed by atoms with Crippen LogP contribution in [0.15, 0.2) is 29.1 Å². The quantitative estimate of drug-likeness (QED) is 0.775. The predicted octanol–water partition coefficient (Wildman–Crippen LogP) is 1.66. The molecule has 1 aromatic heterocycles. The fourth-order valence-electron chi connectivity index (χ4n) is 2.28. The van der Waals surface area contributed by atoms with Crippen molar-refractivity contribution in [2.75, 3.05) is 26.1 Å². The lowest BCUT2D eigenvalue weighted by Crippen LogP contribution is -2.20. The summed E-state index contributed by atoms with van der Waals surface area (Å²) in [5.41, 5.74) is 0.627. The first-order chi connectivity index (χ1) is 10.9. The number of aromatic nitrogens is 1. The van der Waals surface area contributed by atoms with Gasteiger partial charge < -0.3 is 24.8 Å². The molecule has 3 N–H and O–H groups in total. The van der Waals surface area contributed by atoms with E-state index in [1.54, 1.807) is 12.1 Å². The van der Waals surface area contributed by atoms with E-state index in [0.717, 1.165) is 5.69 Å². The lowest BCUT2D eigenvalue weighted by molar-refractivity contribution is 0.0691. The van der Waals surface area contributed by atoms with Gasteiger partial charge in [0.05, 0.1) is 12.3 Å². The number of hydrogen-bond acceptors (Lipinski definition) is 5. The number of carboxylic acid groups (broad SMARTS) is 1. The van der Waals surface area contributed by atoms with Gasteiger partial charge in [0.15, 0.2) is 5.56 Å². The van der Waals surface area contributed by atoms with E-state index in [-0.39, 0.29) is 12.2 Å². The van der Waals surface area contributed by atoms with E-state index in [4.69, 9.17) is 9.84 Å². The molecule has 0 unspecified atom stereocenters. The Balaban J connectivity index is 2.66. The number of hydrogen-bond donors (Lipinski definition) is 3. The van der Waals surface area contributed by atoms with Gasteiger partial charge in [0.25, 0.3) is 5.56 Å². The number of H-pyrrole nitrogens is 1. The number of anilines is 1. The number of nitrogens with zero attached hydrogens (tertiary/aromatic N) is 1. The second-order valence-electron chi connectivity index (χ2n) is 5.21. The molecule has 2 rings (SSSR count). The lowest BCUT2D eigenvalue weighted by Gasteiger charge is -2.15. The Morgan fingerprint density at radius 1 is 1.26 bits per heavy atom. The van der Waals surface area contributed by atoms with Crippen LogP contribution in [-0.4, -0.2) is 42.4 Å². The molecule has 0 radical (unpaired) electrons. The van der Waals surface area contributed by atoms with Crippen LogP contribution < -0.4 is 10.5 Å². The van der Waals surface area contributed by atoms with Gasteiger partial charge in [-0.15, -0.1) is 0 Å². The molecule has 0 amide bonds. The standard InChI is InChI=1S/C16H18N2O5/c1-18(2)10-6-4-9(5-7-10)13-11(8-23-3)14(19)12(16(21)22)15(20)17-13/h4-7H,8H2,1-3H3,(H,21,22)(H2,17,19,20). The number of rotatable bonds is 5. The van der Waals surface area contributed by atoms with Crippen molar-refractivity contribution in [1.29, 1.82) is 0 Å². The summed E-state index contributed by atoms with van der Waals surface area (Å²) in [5.74, 6) is -2.06. The molecule has 1 aromatic carbocycles. The van der Waals surface area contributed by atoms with Crippen LogP contribution in [0.4, 0.5) is 5.69 Å². The van der Waals surface area contributed by atoms with Crippen LogP contribution in [0.1, 0.15) is 15.9 Å². The van der Waals surface area contributed by atoms with Gasteiger partial charge in [0.1, 0.15) is 5.75 Å². The molecule has 0 bridgehead atoms. The number of carbonyl (C=O) groups is 1. The molecule has 0 fully saturated rings. The van der Waals surface area contributed by atoms with Crippen molar-refractivity contribution in [3.63, 3.8) is 0 Å². The Morgan fingerprint density at radius 2 is 1.87 bits per heavy atom. The van der Waals surface area contributed by atoms with E-state index in [2.05, 4.69) is 4.98 Å². The highest BCUT2D eigenvalue weighted by molar-refractivity contribution is 5.91. The van der Waals surface area contributed by atoms with Crippen molar-refractivity contribution in [1.82, 2.24) is 4.98 Å². The Kier molecular flexibility index (Phi) is 4.71. The van der Waals surface area contributed by atoms with Crippen LogP contribution in [0, 0.1) is 0 Å². The minimum Gasteiger partial charge on any atom is -0.506 e. The zero-order chi connectivity index (χ0) is 17.1. The van der Waals surface area contributed by atoms with E-state index in [0.29, 0.717) is 11.3 Å². The molecule has 0 spiro atoms. The maximum atomic E-state index is 12.0. The lowest BCUT2D eigenvalue weighted by atomic mass is 10.0. The maximum absolute atomic E-state index is 12.0. The predicted molar refractivity (Wildman–Crippen MR) is 86.2 cm³/mol. The average molecular weight is 318 g/mol. The smallest absolute Gasteiger partial charge is 0.345 e. The highest BCUT2D eigenvalue weighted by atomic mass is 16.5. The number of aromatic hydroxyl groups is 1. The third-order valence-corrected chi connectivity index (χ3v) is 3.46. The molecule has 2 aromatic rings.